The molecule has 1 heterocycles. The number of sulfonamides is 1. The van der Waals surface area contributed by atoms with Crippen LogP contribution in [0.3, 0.4) is 0 Å². The number of aromatic nitrogens is 1. The third kappa shape index (κ3) is 4.51. The fourth-order valence-corrected chi connectivity index (χ4v) is 5.12. The van der Waals surface area contributed by atoms with E-state index in [4.69, 9.17) is 23.2 Å². The molecular formula is C17H16Cl2N4O5S2. The molecule has 0 radical (unpaired) electrons. The third-order valence-corrected chi connectivity index (χ3v) is 7.27. The molecule has 160 valence electrons. The summed E-state index contributed by atoms with van der Waals surface area (Å²) in [7, 11) is -8.15. The van der Waals surface area contributed by atoms with Crippen molar-refractivity contribution in [3.05, 3.63) is 46.1 Å². The minimum atomic E-state index is -4.34. The Morgan fingerprint density at radius 2 is 1.77 bits per heavy atom. The number of hydrogen-bond acceptors (Lipinski definition) is 6. The lowest BCUT2D eigenvalue weighted by Gasteiger charge is -2.08. The Hall–Kier alpha value is -2.02. The van der Waals surface area contributed by atoms with Gasteiger partial charge >= 0.3 is 0 Å². The molecule has 0 amide bonds. The number of fused-ring (bicyclic) bond motifs is 1. The van der Waals surface area contributed by atoms with Gasteiger partial charge in [-0.1, -0.05) is 30.1 Å². The molecule has 3 N–H and O–H groups in total. The van der Waals surface area contributed by atoms with Gasteiger partial charge in [-0.3, -0.25) is 4.55 Å². The summed E-state index contributed by atoms with van der Waals surface area (Å²) in [5.41, 5.74) is 1.60. The van der Waals surface area contributed by atoms with Crippen LogP contribution in [0.25, 0.3) is 10.9 Å². The zero-order chi connectivity index (χ0) is 22.3. The molecule has 0 atom stereocenters. The van der Waals surface area contributed by atoms with Crippen molar-refractivity contribution in [3.8, 4) is 0 Å². The van der Waals surface area contributed by atoms with Gasteiger partial charge in [-0.25, -0.2) is 13.1 Å². The van der Waals surface area contributed by atoms with Crippen LogP contribution in [0, 0.1) is 6.92 Å². The number of nitrogens with zero attached hydrogens (tertiary/aromatic N) is 2. The summed E-state index contributed by atoms with van der Waals surface area (Å²) in [5.74, 6) is 0. The smallest absolute Gasteiger partial charge is 0.294 e. The fourth-order valence-electron chi connectivity index (χ4n) is 2.76. The quantitative estimate of drug-likeness (QED) is 0.337. The topological polar surface area (TPSA) is 141 Å². The summed E-state index contributed by atoms with van der Waals surface area (Å²) in [6, 6.07) is 6.49. The van der Waals surface area contributed by atoms with Crippen molar-refractivity contribution in [1.82, 2.24) is 9.71 Å². The number of rotatable bonds is 6. The van der Waals surface area contributed by atoms with Gasteiger partial charge in [0, 0.05) is 23.1 Å². The van der Waals surface area contributed by atoms with Crippen LogP contribution in [0.5, 0.6) is 0 Å². The van der Waals surface area contributed by atoms with Gasteiger partial charge < -0.3 is 4.98 Å². The summed E-state index contributed by atoms with van der Waals surface area (Å²) in [5, 5.41) is 8.76. The first kappa shape index (κ1) is 22.7. The Kier molecular flexibility index (Phi) is 6.23. The van der Waals surface area contributed by atoms with Crippen molar-refractivity contribution in [2.45, 2.75) is 23.6 Å². The van der Waals surface area contributed by atoms with Crippen LogP contribution in [-0.2, 0) is 20.1 Å². The van der Waals surface area contributed by atoms with E-state index in [9.17, 15) is 21.4 Å². The van der Waals surface area contributed by atoms with Crippen molar-refractivity contribution in [3.63, 3.8) is 0 Å². The van der Waals surface area contributed by atoms with E-state index in [1.807, 2.05) is 0 Å². The number of halogens is 2. The minimum Gasteiger partial charge on any atom is -0.357 e. The van der Waals surface area contributed by atoms with Crippen LogP contribution in [0.2, 0.25) is 10.0 Å². The van der Waals surface area contributed by atoms with Gasteiger partial charge in [0.2, 0.25) is 10.0 Å². The molecule has 3 aromatic rings. The molecule has 0 aliphatic carbocycles. The molecule has 0 spiro atoms. The van der Waals surface area contributed by atoms with E-state index in [0.29, 0.717) is 22.3 Å². The Labute approximate surface area is 182 Å². The first-order chi connectivity index (χ1) is 13.9. The van der Waals surface area contributed by atoms with E-state index in [1.165, 1.54) is 30.3 Å². The van der Waals surface area contributed by atoms with E-state index >= 15 is 0 Å². The predicted molar refractivity (Wildman–Crippen MR) is 114 cm³/mol. The average molecular weight is 491 g/mol. The number of azo groups is 1. The van der Waals surface area contributed by atoms with E-state index in [1.54, 1.807) is 13.8 Å². The molecule has 0 aliphatic heterocycles. The number of benzene rings is 2. The number of aromatic amines is 1. The van der Waals surface area contributed by atoms with Gasteiger partial charge in [-0.2, -0.15) is 8.42 Å². The van der Waals surface area contributed by atoms with Crippen LogP contribution in [-0.4, -0.2) is 32.9 Å². The molecule has 0 saturated carbocycles. The van der Waals surface area contributed by atoms with Crippen LogP contribution < -0.4 is 4.72 Å². The Bertz CT molecular complexity index is 1380. The third-order valence-electron chi connectivity index (χ3n) is 4.10. The van der Waals surface area contributed by atoms with Gasteiger partial charge in [0.15, 0.2) is 0 Å². The zero-order valence-electron chi connectivity index (χ0n) is 15.6. The summed E-state index contributed by atoms with van der Waals surface area (Å²) < 4.78 is 58.5. The first-order valence-electron chi connectivity index (χ1n) is 8.44. The highest BCUT2D eigenvalue weighted by molar-refractivity contribution is 7.89. The molecule has 0 unspecified atom stereocenters. The molecule has 2 aromatic carbocycles. The summed E-state index contributed by atoms with van der Waals surface area (Å²) in [4.78, 5) is 2.54. The fraction of sp³-hybridized carbons (Fsp3) is 0.176. The highest BCUT2D eigenvalue weighted by Crippen LogP contribution is 2.37. The second-order valence-corrected chi connectivity index (χ2v) is 10.2. The molecule has 3 rings (SSSR count). The zero-order valence-corrected chi connectivity index (χ0v) is 18.8. The number of H-pyrrole nitrogens is 1. The number of hydrogen-bond donors (Lipinski definition) is 3. The lowest BCUT2D eigenvalue weighted by atomic mass is 10.2. The van der Waals surface area contributed by atoms with Crippen LogP contribution in [0.4, 0.5) is 11.4 Å². The van der Waals surface area contributed by atoms with Crippen LogP contribution in [0.15, 0.2) is 50.4 Å². The normalized spacial score (nSPS) is 12.8. The minimum absolute atomic E-state index is 0.0331. The van der Waals surface area contributed by atoms with E-state index in [2.05, 4.69) is 19.9 Å². The standard InChI is InChI=1S/C17H16Cl2N4O5S2/c1-3-20-29(24,25)16-8-12(18)15(7-13(16)19)22-23-17-9(2)21-14-6-10(30(26,27)28)4-5-11(14)17/h4-8,20-21H,3H2,1-2H3,(H,26,27,28). The van der Waals surface area contributed by atoms with E-state index < -0.39 is 20.1 Å². The predicted octanol–water partition coefficient (Wildman–Crippen LogP) is 4.74. The van der Waals surface area contributed by atoms with Crippen molar-refractivity contribution in [1.29, 1.82) is 0 Å². The first-order valence-corrected chi connectivity index (χ1v) is 12.1. The maximum atomic E-state index is 12.2. The highest BCUT2D eigenvalue weighted by Gasteiger charge is 2.20. The summed E-state index contributed by atoms with van der Waals surface area (Å²) >= 11 is 12.3. The Morgan fingerprint density at radius 1 is 1.07 bits per heavy atom. The Balaban J connectivity index is 2.03. The largest absolute Gasteiger partial charge is 0.357 e. The maximum Gasteiger partial charge on any atom is 0.294 e. The average Bonchev–Trinajstić information content (AvgIpc) is 2.95. The monoisotopic (exact) mass is 490 g/mol. The molecule has 0 fully saturated rings. The molecule has 0 bridgehead atoms. The van der Waals surface area contributed by atoms with Crippen molar-refractivity contribution in [2.75, 3.05) is 6.54 Å². The van der Waals surface area contributed by atoms with Gasteiger partial charge in [0.25, 0.3) is 10.1 Å². The SMILES string of the molecule is CCNS(=O)(=O)c1cc(Cl)c(N=Nc2c(C)[nH]c3cc(S(=O)(=O)O)ccc23)cc1Cl. The summed E-state index contributed by atoms with van der Waals surface area (Å²) in [6.07, 6.45) is 0. The number of nitrogens with one attached hydrogen (secondary N) is 2. The second kappa shape index (κ2) is 8.25. The van der Waals surface area contributed by atoms with Gasteiger partial charge in [-0.05, 0) is 37.3 Å². The lowest BCUT2D eigenvalue weighted by molar-refractivity contribution is 0.483. The van der Waals surface area contributed by atoms with Gasteiger partial charge in [0.1, 0.15) is 16.3 Å². The molecule has 0 saturated heterocycles. The van der Waals surface area contributed by atoms with E-state index in [-0.39, 0.29) is 32.1 Å². The van der Waals surface area contributed by atoms with Crippen molar-refractivity contribution in [2.24, 2.45) is 10.2 Å². The maximum absolute atomic E-state index is 12.2. The molecule has 0 aliphatic rings. The molecule has 1 aromatic heterocycles. The summed E-state index contributed by atoms with van der Waals surface area (Å²) in [6.45, 7) is 3.54. The second-order valence-electron chi connectivity index (χ2n) is 6.22. The molecule has 9 nitrogen and oxygen atoms in total. The van der Waals surface area contributed by atoms with Gasteiger partial charge in [0.05, 0.1) is 14.9 Å². The molecule has 30 heavy (non-hydrogen) atoms. The van der Waals surface area contributed by atoms with Crippen LogP contribution >= 0.6 is 23.2 Å². The molecular weight excluding hydrogens is 475 g/mol. The van der Waals surface area contributed by atoms with Crippen LogP contribution in [0.1, 0.15) is 12.6 Å². The van der Waals surface area contributed by atoms with Gasteiger partial charge in [-0.15, -0.1) is 10.2 Å². The number of aryl methyl sites for hydroxylation is 1. The molecule has 13 heteroatoms. The highest BCUT2D eigenvalue weighted by atomic mass is 35.5. The lowest BCUT2D eigenvalue weighted by Crippen LogP contribution is -2.23. The van der Waals surface area contributed by atoms with Crippen molar-refractivity contribution >= 4 is 65.6 Å². The van der Waals surface area contributed by atoms with E-state index in [0.717, 1.165) is 0 Å². The van der Waals surface area contributed by atoms with Crippen molar-refractivity contribution < 1.29 is 21.4 Å². The Morgan fingerprint density at radius 3 is 2.40 bits per heavy atom.